The first-order chi connectivity index (χ1) is 10.7. The van der Waals surface area contributed by atoms with Gasteiger partial charge in [-0.1, -0.05) is 104 Å². The van der Waals surface area contributed by atoms with Crippen molar-refractivity contribution < 1.29 is 9.90 Å². The van der Waals surface area contributed by atoms with Crippen LogP contribution < -0.4 is 0 Å². The van der Waals surface area contributed by atoms with Crippen molar-refractivity contribution in [2.45, 2.75) is 117 Å². The van der Waals surface area contributed by atoms with E-state index in [1.165, 1.54) is 77.0 Å². The molecule has 0 aromatic carbocycles. The molecule has 0 N–H and O–H groups in total. The second-order valence-corrected chi connectivity index (χ2v) is 6.84. The molecule has 0 heterocycles. The zero-order valence-electron chi connectivity index (χ0n) is 15.2. The molecule has 0 amide bonds. The second-order valence-electron chi connectivity index (χ2n) is 6.84. The molecule has 0 saturated heterocycles. The van der Waals surface area contributed by atoms with Crippen LogP contribution in [0.25, 0.3) is 0 Å². The molecule has 0 spiro atoms. The van der Waals surface area contributed by atoms with Crippen molar-refractivity contribution in [1.29, 1.82) is 0 Å². The van der Waals surface area contributed by atoms with E-state index in [9.17, 15) is 9.90 Å². The third-order valence-corrected chi connectivity index (χ3v) is 4.65. The summed E-state index contributed by atoms with van der Waals surface area (Å²) in [5.41, 5.74) is 0. The third-order valence-electron chi connectivity index (χ3n) is 4.65. The molecular weight excluding hydrogens is 272 g/mol. The van der Waals surface area contributed by atoms with E-state index in [2.05, 4.69) is 13.8 Å². The molecule has 131 valence electrons. The summed E-state index contributed by atoms with van der Waals surface area (Å²) in [7, 11) is 0. The van der Waals surface area contributed by atoms with Gasteiger partial charge in [0.2, 0.25) is 0 Å². The summed E-state index contributed by atoms with van der Waals surface area (Å²) < 4.78 is 0. The molecular formula is C20H39O2. The predicted octanol–water partition coefficient (Wildman–Crippen LogP) is 6.84. The van der Waals surface area contributed by atoms with Gasteiger partial charge in [0.25, 0.3) is 0 Å². The number of unbranched alkanes of at least 4 members (excludes halogenated alkanes) is 12. The normalized spacial score (nSPS) is 11.2. The summed E-state index contributed by atoms with van der Waals surface area (Å²) in [5, 5.41) is 11.2. The Bertz CT molecular complexity index is 220. The predicted molar refractivity (Wildman–Crippen MR) is 94.4 cm³/mol. The van der Waals surface area contributed by atoms with Crippen molar-refractivity contribution in [3.05, 3.63) is 0 Å². The van der Waals surface area contributed by atoms with Gasteiger partial charge in [0.1, 0.15) is 0 Å². The summed E-state index contributed by atoms with van der Waals surface area (Å²) in [6.45, 7) is 4.46. The summed E-state index contributed by atoms with van der Waals surface area (Å²) >= 11 is 0. The van der Waals surface area contributed by atoms with Gasteiger partial charge >= 0.3 is 5.97 Å². The lowest BCUT2D eigenvalue weighted by molar-refractivity contribution is -0.148. The highest BCUT2D eigenvalue weighted by Crippen LogP contribution is 2.19. The molecule has 0 aliphatic rings. The van der Waals surface area contributed by atoms with E-state index in [1.54, 1.807) is 0 Å². The van der Waals surface area contributed by atoms with Crippen LogP contribution in [-0.4, -0.2) is 5.97 Å². The molecule has 2 heteroatoms. The molecule has 1 radical (unpaired) electrons. The first-order valence-corrected chi connectivity index (χ1v) is 9.93. The van der Waals surface area contributed by atoms with Gasteiger partial charge in [-0.3, -0.25) is 0 Å². The van der Waals surface area contributed by atoms with E-state index in [-0.39, 0.29) is 5.92 Å². The van der Waals surface area contributed by atoms with E-state index in [1.807, 2.05) is 0 Å². The van der Waals surface area contributed by atoms with E-state index in [4.69, 9.17) is 0 Å². The van der Waals surface area contributed by atoms with E-state index in [0.717, 1.165) is 25.7 Å². The van der Waals surface area contributed by atoms with Crippen molar-refractivity contribution in [3.63, 3.8) is 0 Å². The van der Waals surface area contributed by atoms with E-state index in [0.29, 0.717) is 0 Å². The molecule has 0 aromatic heterocycles. The van der Waals surface area contributed by atoms with Gasteiger partial charge < -0.3 is 0 Å². The van der Waals surface area contributed by atoms with E-state index < -0.39 is 5.97 Å². The molecule has 0 fully saturated rings. The van der Waals surface area contributed by atoms with Crippen LogP contribution in [0.1, 0.15) is 117 Å². The van der Waals surface area contributed by atoms with Gasteiger partial charge in [-0.2, -0.15) is 0 Å². The highest BCUT2D eigenvalue weighted by molar-refractivity contribution is 5.69. The van der Waals surface area contributed by atoms with E-state index >= 15 is 0 Å². The minimum atomic E-state index is -0.822. The molecule has 0 bridgehead atoms. The zero-order valence-corrected chi connectivity index (χ0v) is 15.2. The highest BCUT2D eigenvalue weighted by Gasteiger charge is 2.18. The van der Waals surface area contributed by atoms with Crippen LogP contribution >= 0.6 is 0 Å². The summed E-state index contributed by atoms with van der Waals surface area (Å²) in [5.74, 6) is -1.02. The number of carbonyl (C=O) groups is 1. The lowest BCUT2D eigenvalue weighted by Gasteiger charge is -2.10. The molecule has 0 aliphatic heterocycles. The Morgan fingerprint density at radius 3 is 1.23 bits per heavy atom. The van der Waals surface area contributed by atoms with Gasteiger partial charge in [0.15, 0.2) is 0 Å². The lowest BCUT2D eigenvalue weighted by Crippen LogP contribution is -2.12. The Kier molecular flexibility index (Phi) is 16.4. The number of hydrogen-bond acceptors (Lipinski definition) is 1. The second kappa shape index (κ2) is 16.8. The Morgan fingerprint density at radius 1 is 0.591 bits per heavy atom. The van der Waals surface area contributed by atoms with Crippen LogP contribution in [0.2, 0.25) is 0 Å². The average molecular weight is 312 g/mol. The Hall–Kier alpha value is -0.530. The fourth-order valence-corrected chi connectivity index (χ4v) is 3.08. The monoisotopic (exact) mass is 311 g/mol. The average Bonchev–Trinajstić information content (AvgIpc) is 2.50. The van der Waals surface area contributed by atoms with Crippen molar-refractivity contribution in [2.24, 2.45) is 5.92 Å². The van der Waals surface area contributed by atoms with Crippen LogP contribution in [0.3, 0.4) is 0 Å². The fourth-order valence-electron chi connectivity index (χ4n) is 3.08. The molecule has 0 aromatic rings. The molecule has 0 aliphatic carbocycles. The van der Waals surface area contributed by atoms with Gasteiger partial charge in [-0.05, 0) is 12.8 Å². The van der Waals surface area contributed by atoms with Crippen LogP contribution in [0.5, 0.6) is 0 Å². The molecule has 0 unspecified atom stereocenters. The Labute approximate surface area is 139 Å². The number of hydrogen-bond donors (Lipinski definition) is 0. The summed E-state index contributed by atoms with van der Waals surface area (Å²) in [6, 6.07) is 0. The van der Waals surface area contributed by atoms with Gasteiger partial charge in [0.05, 0.1) is 5.92 Å². The van der Waals surface area contributed by atoms with Crippen LogP contribution in [-0.2, 0) is 9.90 Å². The minimum Gasteiger partial charge on any atom is -0.247 e. The Morgan fingerprint density at radius 2 is 0.909 bits per heavy atom. The zero-order chi connectivity index (χ0) is 16.5. The number of rotatable bonds is 17. The summed E-state index contributed by atoms with van der Waals surface area (Å²) in [4.78, 5) is 11.2. The van der Waals surface area contributed by atoms with Crippen LogP contribution in [0, 0.1) is 5.92 Å². The molecule has 2 nitrogen and oxygen atoms in total. The highest BCUT2D eigenvalue weighted by atomic mass is 16.4. The van der Waals surface area contributed by atoms with Crippen molar-refractivity contribution in [1.82, 2.24) is 0 Å². The number of carbonyl (C=O) groups excluding carboxylic acids is 1. The quantitative estimate of drug-likeness (QED) is 0.271. The molecule has 0 atom stereocenters. The largest absolute Gasteiger partial charge is 0.358 e. The fraction of sp³-hybridized carbons (Fsp3) is 0.950. The minimum absolute atomic E-state index is 0.203. The third kappa shape index (κ3) is 14.4. The Balaban J connectivity index is 3.51. The maximum atomic E-state index is 11.2. The topological polar surface area (TPSA) is 37.0 Å². The van der Waals surface area contributed by atoms with Gasteiger partial charge in [-0.25, -0.2) is 9.90 Å². The molecule has 22 heavy (non-hydrogen) atoms. The molecule has 0 saturated carbocycles. The standard InChI is InChI=1S/C20H39O2/c1-3-5-7-9-11-13-15-17-19(20(21)22)18-16-14-12-10-8-6-4-2/h19H,3-18H2,1-2H3. The van der Waals surface area contributed by atoms with Crippen molar-refractivity contribution >= 4 is 5.97 Å². The van der Waals surface area contributed by atoms with Gasteiger partial charge in [0, 0.05) is 0 Å². The van der Waals surface area contributed by atoms with Crippen LogP contribution in [0.4, 0.5) is 0 Å². The summed E-state index contributed by atoms with van der Waals surface area (Å²) in [6.07, 6.45) is 19.2. The SMILES string of the molecule is CCCCCCCCCC(CCCCCCCCC)C([O])=O. The van der Waals surface area contributed by atoms with Gasteiger partial charge in [-0.15, -0.1) is 0 Å². The maximum absolute atomic E-state index is 11.2. The van der Waals surface area contributed by atoms with Crippen LogP contribution in [0.15, 0.2) is 0 Å². The maximum Gasteiger partial charge on any atom is 0.358 e. The first-order valence-electron chi connectivity index (χ1n) is 9.93. The smallest absolute Gasteiger partial charge is 0.247 e. The van der Waals surface area contributed by atoms with Crippen molar-refractivity contribution in [3.8, 4) is 0 Å². The van der Waals surface area contributed by atoms with Crippen molar-refractivity contribution in [2.75, 3.05) is 0 Å². The first kappa shape index (κ1) is 21.5. The lowest BCUT2D eigenvalue weighted by atomic mass is 9.94. The molecule has 0 rings (SSSR count).